The highest BCUT2D eigenvalue weighted by Gasteiger charge is 2.30. The molecule has 9 heteroatoms. The Kier molecular flexibility index (Phi) is 5.43. The van der Waals surface area contributed by atoms with Crippen LogP contribution in [0.4, 0.5) is 11.4 Å². The minimum absolute atomic E-state index is 0.00521. The van der Waals surface area contributed by atoms with Gasteiger partial charge in [-0.05, 0) is 36.5 Å². The number of nitro groups is 1. The second-order valence-corrected chi connectivity index (χ2v) is 6.38. The Morgan fingerprint density at radius 3 is 2.44 bits per heavy atom. The van der Waals surface area contributed by atoms with Gasteiger partial charge in [-0.25, -0.2) is 0 Å². The normalized spacial score (nSPS) is 15.7. The highest BCUT2D eigenvalue weighted by molar-refractivity contribution is 7.80. The highest BCUT2D eigenvalue weighted by atomic mass is 32.1. The predicted octanol–water partition coefficient (Wildman–Crippen LogP) is 2.86. The van der Waals surface area contributed by atoms with Crippen molar-refractivity contribution in [2.24, 2.45) is 0 Å². The van der Waals surface area contributed by atoms with Gasteiger partial charge in [0.05, 0.1) is 25.7 Å². The molecule has 8 nitrogen and oxygen atoms in total. The molecule has 3 rings (SSSR count). The summed E-state index contributed by atoms with van der Waals surface area (Å²) in [6.45, 7) is 0.723. The van der Waals surface area contributed by atoms with E-state index in [9.17, 15) is 15.2 Å². The van der Waals surface area contributed by atoms with Crippen LogP contribution in [0, 0.1) is 10.1 Å². The summed E-state index contributed by atoms with van der Waals surface area (Å²) >= 11 is 5.46. The number of aliphatic hydroxyl groups excluding tert-OH is 1. The van der Waals surface area contributed by atoms with E-state index in [1.54, 1.807) is 38.5 Å². The number of methoxy groups -OCH3 is 2. The smallest absolute Gasteiger partial charge is 0.269 e. The summed E-state index contributed by atoms with van der Waals surface area (Å²) in [5, 5.41) is 24.8. The molecule has 1 atom stereocenters. The second-order valence-electron chi connectivity index (χ2n) is 5.99. The molecule has 0 unspecified atom stereocenters. The summed E-state index contributed by atoms with van der Waals surface area (Å²) in [6, 6.07) is 9.54. The van der Waals surface area contributed by atoms with Crippen LogP contribution >= 0.6 is 12.2 Å². The van der Waals surface area contributed by atoms with Crippen LogP contribution in [0.3, 0.4) is 0 Å². The van der Waals surface area contributed by atoms with Gasteiger partial charge in [0, 0.05) is 35.5 Å². The lowest BCUT2D eigenvalue weighted by Crippen LogP contribution is -2.41. The minimum atomic E-state index is -0.796. The molecule has 0 spiro atoms. The summed E-state index contributed by atoms with van der Waals surface area (Å²) < 4.78 is 10.8. The quantitative estimate of drug-likeness (QED) is 0.468. The number of anilines is 1. The maximum atomic E-state index is 10.7. The lowest BCUT2D eigenvalue weighted by atomic mass is 9.95. The van der Waals surface area contributed by atoms with Crippen molar-refractivity contribution in [3.05, 3.63) is 57.6 Å². The number of β-amino-alcohol motifs (C(OH)–C–C–N with tert-alkyl or cyclic N) is 1. The van der Waals surface area contributed by atoms with Crippen LogP contribution < -0.4 is 14.8 Å². The molecule has 0 saturated heterocycles. The molecule has 0 radical (unpaired) electrons. The van der Waals surface area contributed by atoms with Crippen molar-refractivity contribution in [2.75, 3.05) is 26.1 Å². The van der Waals surface area contributed by atoms with Crippen molar-refractivity contribution in [1.29, 1.82) is 0 Å². The van der Waals surface area contributed by atoms with Crippen molar-refractivity contribution in [3.63, 3.8) is 0 Å². The van der Waals surface area contributed by atoms with Crippen molar-refractivity contribution in [2.45, 2.75) is 12.6 Å². The van der Waals surface area contributed by atoms with E-state index in [4.69, 9.17) is 21.7 Å². The number of nitro benzene ring substituents is 1. The molecule has 1 heterocycles. The Labute approximate surface area is 161 Å². The van der Waals surface area contributed by atoms with Crippen molar-refractivity contribution in [1.82, 2.24) is 4.90 Å². The number of nitrogens with zero attached hydrogens (tertiary/aromatic N) is 2. The summed E-state index contributed by atoms with van der Waals surface area (Å²) in [7, 11) is 3.13. The van der Waals surface area contributed by atoms with Crippen LogP contribution in [-0.4, -0.2) is 40.8 Å². The summed E-state index contributed by atoms with van der Waals surface area (Å²) in [6.07, 6.45) is -0.796. The van der Waals surface area contributed by atoms with Gasteiger partial charge in [0.1, 0.15) is 17.6 Å². The van der Waals surface area contributed by atoms with Gasteiger partial charge in [0.2, 0.25) is 0 Å². The summed E-state index contributed by atoms with van der Waals surface area (Å²) in [4.78, 5) is 12.1. The van der Waals surface area contributed by atoms with Gasteiger partial charge < -0.3 is 24.8 Å². The minimum Gasteiger partial charge on any atom is -0.496 e. The number of fused-ring (bicyclic) bond motifs is 1. The van der Waals surface area contributed by atoms with E-state index in [-0.39, 0.29) is 12.2 Å². The summed E-state index contributed by atoms with van der Waals surface area (Å²) in [5.74, 6) is 1.25. The number of non-ortho nitro benzene ring substituents is 1. The van der Waals surface area contributed by atoms with Gasteiger partial charge in [-0.15, -0.1) is 0 Å². The zero-order valence-corrected chi connectivity index (χ0v) is 15.7. The Morgan fingerprint density at radius 1 is 1.22 bits per heavy atom. The number of aliphatic hydroxyl groups is 1. The number of ether oxygens (including phenoxy) is 2. The number of hydrogen-bond donors (Lipinski definition) is 2. The van der Waals surface area contributed by atoms with Crippen LogP contribution in [0.2, 0.25) is 0 Å². The monoisotopic (exact) mass is 389 g/mol. The van der Waals surface area contributed by atoms with Gasteiger partial charge in [0.25, 0.3) is 5.69 Å². The first-order chi connectivity index (χ1) is 12.9. The molecular weight excluding hydrogens is 370 g/mol. The second kappa shape index (κ2) is 7.77. The Hall–Kier alpha value is -2.91. The topological polar surface area (TPSA) is 97.1 Å². The van der Waals surface area contributed by atoms with Gasteiger partial charge in [-0.2, -0.15) is 0 Å². The first-order valence-electron chi connectivity index (χ1n) is 8.16. The molecule has 1 aliphatic heterocycles. The molecular formula is C18H19N3O5S. The SMILES string of the molecule is COc1ccc(OC)c2c1CN(C(=S)Nc1ccc([N+](=O)[O-])cc1)C[C@H]2O. The van der Waals surface area contributed by atoms with Crippen molar-refractivity contribution < 1.29 is 19.5 Å². The van der Waals surface area contributed by atoms with Gasteiger partial charge in [-0.3, -0.25) is 10.1 Å². The van der Waals surface area contributed by atoms with Crippen LogP contribution in [-0.2, 0) is 6.54 Å². The molecule has 0 saturated carbocycles. The molecule has 0 amide bonds. The van der Waals surface area contributed by atoms with Gasteiger partial charge >= 0.3 is 0 Å². The maximum Gasteiger partial charge on any atom is 0.269 e. The fraction of sp³-hybridized carbons (Fsp3) is 0.278. The Balaban J connectivity index is 1.81. The third-order valence-electron chi connectivity index (χ3n) is 4.41. The molecule has 1 aliphatic rings. The standard InChI is InChI=1S/C18H19N3O5S/c1-25-15-7-8-16(26-2)17-13(15)9-20(10-14(17)22)18(27)19-11-3-5-12(6-4-11)21(23)24/h3-8,14,22H,9-10H2,1-2H3,(H,19,27)/t14-/m1/s1. The van der Waals surface area contributed by atoms with Crippen molar-refractivity contribution in [3.8, 4) is 11.5 Å². The number of thiocarbonyl (C=S) groups is 1. The molecule has 2 aromatic carbocycles. The zero-order valence-electron chi connectivity index (χ0n) is 14.8. The molecule has 0 aliphatic carbocycles. The lowest BCUT2D eigenvalue weighted by molar-refractivity contribution is -0.384. The summed E-state index contributed by atoms with van der Waals surface area (Å²) in [5.41, 5.74) is 2.14. The van der Waals surface area contributed by atoms with Crippen LogP contribution in [0.5, 0.6) is 11.5 Å². The van der Waals surface area contributed by atoms with E-state index in [1.165, 1.54) is 12.1 Å². The van der Waals surface area contributed by atoms with Crippen LogP contribution in [0.1, 0.15) is 17.2 Å². The number of rotatable bonds is 4. The third kappa shape index (κ3) is 3.79. The molecule has 2 N–H and O–H groups in total. The first-order valence-corrected chi connectivity index (χ1v) is 8.57. The average Bonchev–Trinajstić information content (AvgIpc) is 2.67. The van der Waals surface area contributed by atoms with E-state index < -0.39 is 11.0 Å². The lowest BCUT2D eigenvalue weighted by Gasteiger charge is -2.35. The van der Waals surface area contributed by atoms with Gasteiger partial charge in [-0.1, -0.05) is 0 Å². The molecule has 27 heavy (non-hydrogen) atoms. The van der Waals surface area contributed by atoms with Crippen LogP contribution in [0.15, 0.2) is 36.4 Å². The third-order valence-corrected chi connectivity index (χ3v) is 4.77. The Morgan fingerprint density at radius 2 is 1.85 bits per heavy atom. The molecule has 2 aromatic rings. The fourth-order valence-electron chi connectivity index (χ4n) is 3.10. The van der Waals surface area contributed by atoms with E-state index in [0.29, 0.717) is 34.4 Å². The predicted molar refractivity (Wildman–Crippen MR) is 104 cm³/mol. The largest absolute Gasteiger partial charge is 0.496 e. The van der Waals surface area contributed by atoms with E-state index >= 15 is 0 Å². The number of nitrogens with one attached hydrogen (secondary N) is 1. The highest BCUT2D eigenvalue weighted by Crippen LogP contribution is 2.39. The first kappa shape index (κ1) is 18.9. The fourth-order valence-corrected chi connectivity index (χ4v) is 3.36. The molecule has 0 aromatic heterocycles. The average molecular weight is 389 g/mol. The van der Waals surface area contributed by atoms with Gasteiger partial charge in [0.15, 0.2) is 5.11 Å². The molecule has 0 bridgehead atoms. The molecule has 0 fully saturated rings. The Bertz CT molecular complexity index is 872. The number of hydrogen-bond acceptors (Lipinski definition) is 6. The van der Waals surface area contributed by atoms with E-state index in [0.717, 1.165) is 5.56 Å². The zero-order chi connectivity index (χ0) is 19.6. The number of benzene rings is 2. The van der Waals surface area contributed by atoms with Crippen LogP contribution in [0.25, 0.3) is 0 Å². The van der Waals surface area contributed by atoms with Crippen molar-refractivity contribution >= 4 is 28.7 Å². The molecule has 142 valence electrons. The van der Waals surface area contributed by atoms with E-state index in [1.807, 2.05) is 4.90 Å². The maximum absolute atomic E-state index is 10.7. The van der Waals surface area contributed by atoms with E-state index in [2.05, 4.69) is 5.32 Å².